The van der Waals surface area contributed by atoms with E-state index in [0.717, 1.165) is 23.4 Å². The predicted molar refractivity (Wildman–Crippen MR) is 59.9 cm³/mol. The fourth-order valence-corrected chi connectivity index (χ4v) is 1.78. The summed E-state index contributed by atoms with van der Waals surface area (Å²) in [7, 11) is 0. The first kappa shape index (κ1) is 9.97. The average molecular weight is 258 g/mol. The third kappa shape index (κ3) is 2.71. The Bertz CT molecular complexity index is 323. The third-order valence-electron chi connectivity index (χ3n) is 2.50. The molecular formula is C11H13BrFN. The van der Waals surface area contributed by atoms with Crippen LogP contribution in [0.3, 0.4) is 0 Å². The first-order valence-corrected chi connectivity index (χ1v) is 5.74. The highest BCUT2D eigenvalue weighted by atomic mass is 79.9. The molecule has 1 fully saturated rings. The molecule has 2 rings (SSSR count). The number of hydrogen-bond acceptors (Lipinski definition) is 1. The van der Waals surface area contributed by atoms with Crippen LogP contribution in [0.5, 0.6) is 0 Å². The molecule has 1 aliphatic rings. The van der Waals surface area contributed by atoms with Gasteiger partial charge in [0.05, 0.1) is 5.69 Å². The lowest BCUT2D eigenvalue weighted by atomic mass is 10.2. The van der Waals surface area contributed by atoms with Gasteiger partial charge in [-0.2, -0.15) is 0 Å². The Labute approximate surface area is 91.8 Å². The van der Waals surface area contributed by atoms with Gasteiger partial charge in [0.2, 0.25) is 0 Å². The standard InChI is InChI=1S/C11H13BrFN/c12-9-3-4-11(10(13)7-9)14-6-5-8-1-2-8/h3-4,7-8,14H,1-2,5-6H2. The highest BCUT2D eigenvalue weighted by Gasteiger charge is 2.20. The van der Waals surface area contributed by atoms with Crippen LogP contribution < -0.4 is 5.32 Å². The van der Waals surface area contributed by atoms with E-state index in [2.05, 4.69) is 21.2 Å². The van der Waals surface area contributed by atoms with E-state index in [1.807, 2.05) is 6.07 Å². The van der Waals surface area contributed by atoms with Crippen LogP contribution in [0.15, 0.2) is 22.7 Å². The molecule has 76 valence electrons. The topological polar surface area (TPSA) is 12.0 Å². The van der Waals surface area contributed by atoms with Gasteiger partial charge in [-0.05, 0) is 30.5 Å². The fourth-order valence-electron chi connectivity index (χ4n) is 1.45. The Morgan fingerprint density at radius 1 is 1.43 bits per heavy atom. The van der Waals surface area contributed by atoms with Gasteiger partial charge in [0, 0.05) is 11.0 Å². The molecule has 0 radical (unpaired) electrons. The maximum Gasteiger partial charge on any atom is 0.147 e. The average Bonchev–Trinajstić information content (AvgIpc) is 2.92. The van der Waals surface area contributed by atoms with Gasteiger partial charge in [-0.1, -0.05) is 28.8 Å². The number of nitrogens with one attached hydrogen (secondary N) is 1. The monoisotopic (exact) mass is 257 g/mol. The molecule has 1 aliphatic carbocycles. The molecule has 0 heterocycles. The minimum Gasteiger partial charge on any atom is -0.383 e. The van der Waals surface area contributed by atoms with Crippen molar-refractivity contribution in [2.45, 2.75) is 19.3 Å². The first-order chi connectivity index (χ1) is 6.75. The van der Waals surface area contributed by atoms with E-state index >= 15 is 0 Å². The molecule has 1 saturated carbocycles. The summed E-state index contributed by atoms with van der Waals surface area (Å²) < 4.78 is 14.1. The molecule has 0 aromatic heterocycles. The molecule has 1 nitrogen and oxygen atoms in total. The summed E-state index contributed by atoms with van der Waals surface area (Å²) in [6.07, 6.45) is 3.87. The molecule has 1 aromatic rings. The van der Waals surface area contributed by atoms with Crippen LogP contribution in [0.1, 0.15) is 19.3 Å². The van der Waals surface area contributed by atoms with E-state index < -0.39 is 0 Å². The molecule has 1 N–H and O–H groups in total. The highest BCUT2D eigenvalue weighted by molar-refractivity contribution is 9.10. The Morgan fingerprint density at radius 2 is 2.21 bits per heavy atom. The molecule has 14 heavy (non-hydrogen) atoms. The number of halogens is 2. The van der Waals surface area contributed by atoms with Crippen LogP contribution in [0.25, 0.3) is 0 Å². The summed E-state index contributed by atoms with van der Waals surface area (Å²) in [4.78, 5) is 0. The van der Waals surface area contributed by atoms with Gasteiger partial charge in [0.25, 0.3) is 0 Å². The van der Waals surface area contributed by atoms with Crippen molar-refractivity contribution < 1.29 is 4.39 Å². The predicted octanol–water partition coefficient (Wildman–Crippen LogP) is 3.80. The molecule has 0 bridgehead atoms. The summed E-state index contributed by atoms with van der Waals surface area (Å²) in [6.45, 7) is 0.878. The Balaban J connectivity index is 1.87. The van der Waals surface area contributed by atoms with Gasteiger partial charge in [0.1, 0.15) is 5.82 Å². The van der Waals surface area contributed by atoms with Gasteiger partial charge in [-0.25, -0.2) is 4.39 Å². The van der Waals surface area contributed by atoms with Crippen molar-refractivity contribution in [3.8, 4) is 0 Å². The molecule has 3 heteroatoms. The van der Waals surface area contributed by atoms with Crippen molar-refractivity contribution in [2.75, 3.05) is 11.9 Å². The molecule has 0 spiro atoms. The maximum atomic E-state index is 13.3. The Kier molecular flexibility index (Phi) is 3.06. The second kappa shape index (κ2) is 4.30. The zero-order valence-electron chi connectivity index (χ0n) is 7.89. The summed E-state index contributed by atoms with van der Waals surface area (Å²) in [6, 6.07) is 5.11. The van der Waals surface area contributed by atoms with Crippen LogP contribution in [0.2, 0.25) is 0 Å². The molecule has 0 aliphatic heterocycles. The van der Waals surface area contributed by atoms with Crippen molar-refractivity contribution in [2.24, 2.45) is 5.92 Å². The van der Waals surface area contributed by atoms with Gasteiger partial charge in [-0.15, -0.1) is 0 Å². The normalized spacial score (nSPS) is 15.6. The summed E-state index contributed by atoms with van der Waals surface area (Å²) in [5.74, 6) is 0.705. The van der Waals surface area contributed by atoms with Crippen molar-refractivity contribution in [3.05, 3.63) is 28.5 Å². The van der Waals surface area contributed by atoms with Crippen LogP contribution in [0, 0.1) is 11.7 Å². The number of rotatable bonds is 4. The van der Waals surface area contributed by atoms with Crippen molar-refractivity contribution in [3.63, 3.8) is 0 Å². The number of hydrogen-bond donors (Lipinski definition) is 1. The van der Waals surface area contributed by atoms with E-state index in [1.54, 1.807) is 6.07 Å². The summed E-state index contributed by atoms with van der Waals surface area (Å²) in [5, 5.41) is 3.12. The van der Waals surface area contributed by atoms with Gasteiger partial charge in [-0.3, -0.25) is 0 Å². The lowest BCUT2D eigenvalue weighted by Gasteiger charge is -2.06. The van der Waals surface area contributed by atoms with E-state index in [9.17, 15) is 4.39 Å². The van der Waals surface area contributed by atoms with Crippen molar-refractivity contribution in [1.82, 2.24) is 0 Å². The Hall–Kier alpha value is -0.570. The molecule has 0 amide bonds. The smallest absolute Gasteiger partial charge is 0.147 e. The second-order valence-electron chi connectivity index (χ2n) is 3.78. The first-order valence-electron chi connectivity index (χ1n) is 4.94. The van der Waals surface area contributed by atoms with E-state index in [-0.39, 0.29) is 5.82 Å². The lowest BCUT2D eigenvalue weighted by molar-refractivity contribution is 0.627. The van der Waals surface area contributed by atoms with Gasteiger partial charge in [0.15, 0.2) is 0 Å². The van der Waals surface area contributed by atoms with Crippen LogP contribution in [-0.4, -0.2) is 6.54 Å². The minimum absolute atomic E-state index is 0.185. The highest BCUT2D eigenvalue weighted by Crippen LogP contribution is 2.32. The maximum absolute atomic E-state index is 13.3. The van der Waals surface area contributed by atoms with Crippen LogP contribution in [0.4, 0.5) is 10.1 Å². The fraction of sp³-hybridized carbons (Fsp3) is 0.455. The van der Waals surface area contributed by atoms with E-state index in [1.165, 1.54) is 18.9 Å². The van der Waals surface area contributed by atoms with Crippen LogP contribution >= 0.6 is 15.9 Å². The molecule has 0 atom stereocenters. The second-order valence-corrected chi connectivity index (χ2v) is 4.70. The minimum atomic E-state index is -0.185. The van der Waals surface area contributed by atoms with Gasteiger partial charge < -0.3 is 5.32 Å². The quantitative estimate of drug-likeness (QED) is 0.866. The molecule has 1 aromatic carbocycles. The summed E-state index contributed by atoms with van der Waals surface area (Å²) >= 11 is 3.23. The number of benzene rings is 1. The zero-order valence-corrected chi connectivity index (χ0v) is 9.48. The van der Waals surface area contributed by atoms with E-state index in [4.69, 9.17) is 0 Å². The summed E-state index contributed by atoms with van der Waals surface area (Å²) in [5.41, 5.74) is 0.605. The SMILES string of the molecule is Fc1cc(Br)ccc1NCCC1CC1. The number of anilines is 1. The lowest BCUT2D eigenvalue weighted by Crippen LogP contribution is -2.03. The third-order valence-corrected chi connectivity index (χ3v) is 2.99. The Morgan fingerprint density at radius 3 is 2.86 bits per heavy atom. The van der Waals surface area contributed by atoms with Crippen molar-refractivity contribution >= 4 is 21.6 Å². The van der Waals surface area contributed by atoms with E-state index in [0.29, 0.717) is 5.69 Å². The molecule has 0 saturated heterocycles. The molecular weight excluding hydrogens is 245 g/mol. The van der Waals surface area contributed by atoms with Gasteiger partial charge >= 0.3 is 0 Å². The molecule has 0 unspecified atom stereocenters. The van der Waals surface area contributed by atoms with Crippen LogP contribution in [-0.2, 0) is 0 Å². The largest absolute Gasteiger partial charge is 0.383 e. The van der Waals surface area contributed by atoms with Crippen molar-refractivity contribution in [1.29, 1.82) is 0 Å². The zero-order chi connectivity index (χ0) is 9.97.